The van der Waals surface area contributed by atoms with E-state index in [2.05, 4.69) is 30.7 Å². The van der Waals surface area contributed by atoms with Crippen molar-refractivity contribution in [1.82, 2.24) is 0 Å². The van der Waals surface area contributed by atoms with Gasteiger partial charge in [0.05, 0.1) is 43.6 Å². The van der Waals surface area contributed by atoms with Crippen LogP contribution < -0.4 is 82.0 Å². The molecule has 49 heavy (non-hydrogen) atoms. The average Bonchev–Trinajstić information content (AvgIpc) is 2.99. The molecule has 0 amide bonds. The standard InChI is InChI=1S/C28H24N10O7S2.2Na/c29-15-1-4-17(5-2-15)35-38-27-23(47(43,44)45)12-14-11-22(46(40,41)42)26(25(32)24(14)28(27)39)37-34-19-8-6-18(7-9-19)33-36-21-10-3-16(30)13-20(21)31;;/h1-13,39H,29-32H2,(H,40,41,42)(H,43,44,45);;/q;2*+1/p-2. The van der Waals surface area contributed by atoms with Gasteiger partial charge in [-0.05, 0) is 84.2 Å². The van der Waals surface area contributed by atoms with Crippen molar-refractivity contribution in [3.8, 4) is 5.75 Å². The third kappa shape index (κ3) is 9.16. The van der Waals surface area contributed by atoms with E-state index in [0.717, 1.165) is 0 Å². The van der Waals surface area contributed by atoms with Gasteiger partial charge in [-0.25, -0.2) is 16.8 Å². The quantitative estimate of drug-likeness (QED) is 0.0612. The summed E-state index contributed by atoms with van der Waals surface area (Å²) < 4.78 is 73.0. The zero-order valence-corrected chi connectivity index (χ0v) is 31.3. The van der Waals surface area contributed by atoms with E-state index in [1.807, 2.05) is 0 Å². The van der Waals surface area contributed by atoms with Gasteiger partial charge in [-0.1, -0.05) is 0 Å². The summed E-state index contributed by atoms with van der Waals surface area (Å²) in [6, 6.07) is 17.9. The van der Waals surface area contributed by atoms with Gasteiger partial charge in [0.25, 0.3) is 0 Å². The van der Waals surface area contributed by atoms with Crippen molar-refractivity contribution in [3.63, 3.8) is 0 Å². The Labute approximate surface area is 323 Å². The molecule has 0 aliphatic heterocycles. The first-order valence-corrected chi connectivity index (χ1v) is 15.8. The number of fused-ring (bicyclic) bond motifs is 1. The maximum atomic E-state index is 12.2. The minimum absolute atomic E-state index is 0. The maximum absolute atomic E-state index is 12.2. The molecule has 5 aromatic rings. The molecule has 240 valence electrons. The Hall–Kier alpha value is -4.02. The van der Waals surface area contributed by atoms with E-state index in [0.29, 0.717) is 40.6 Å². The zero-order chi connectivity index (χ0) is 34.1. The van der Waals surface area contributed by atoms with Crippen LogP contribution in [0.25, 0.3) is 10.8 Å². The number of phenols is 1. The first-order valence-electron chi connectivity index (χ1n) is 13.0. The Morgan fingerprint density at radius 3 is 1.47 bits per heavy atom. The van der Waals surface area contributed by atoms with Crippen molar-refractivity contribution in [3.05, 3.63) is 78.9 Å². The van der Waals surface area contributed by atoms with Crippen LogP contribution in [-0.4, -0.2) is 31.0 Å². The molecule has 0 unspecified atom stereocenters. The Morgan fingerprint density at radius 1 is 0.551 bits per heavy atom. The number of hydrogen-bond donors (Lipinski definition) is 5. The van der Waals surface area contributed by atoms with E-state index < -0.39 is 52.8 Å². The first-order chi connectivity index (χ1) is 22.1. The van der Waals surface area contributed by atoms with Gasteiger partial charge in [-0.2, -0.15) is 15.3 Å². The number of nitrogens with zero attached hydrogens (tertiary/aromatic N) is 6. The molecule has 0 spiro atoms. The van der Waals surface area contributed by atoms with Crippen molar-refractivity contribution in [1.29, 1.82) is 0 Å². The van der Waals surface area contributed by atoms with E-state index in [-0.39, 0.29) is 81.3 Å². The fourth-order valence-corrected chi connectivity index (χ4v) is 5.51. The van der Waals surface area contributed by atoms with Crippen LogP contribution in [0.4, 0.5) is 56.9 Å². The summed E-state index contributed by atoms with van der Waals surface area (Å²) in [7, 11) is -10.6. The summed E-state index contributed by atoms with van der Waals surface area (Å²) in [6.45, 7) is 0. The second-order valence-corrected chi connectivity index (χ2v) is 12.4. The summed E-state index contributed by atoms with van der Waals surface area (Å²) in [4.78, 5) is -2.05. The van der Waals surface area contributed by atoms with Crippen LogP contribution in [0.5, 0.6) is 5.75 Å². The van der Waals surface area contributed by atoms with Crippen molar-refractivity contribution in [2.45, 2.75) is 9.79 Å². The third-order valence-corrected chi connectivity index (χ3v) is 8.15. The zero-order valence-electron chi connectivity index (χ0n) is 25.7. The topological polar surface area (TPSA) is 313 Å². The molecule has 17 nitrogen and oxygen atoms in total. The van der Waals surface area contributed by atoms with Crippen LogP contribution >= 0.6 is 0 Å². The Bertz CT molecular complexity index is 2360. The Balaban J connectivity index is 0.00000325. The minimum Gasteiger partial charge on any atom is -0.744 e. The first kappa shape index (κ1) is 39.4. The van der Waals surface area contributed by atoms with Crippen LogP contribution in [0.1, 0.15) is 0 Å². The molecule has 5 rings (SSSR count). The number of anilines is 4. The van der Waals surface area contributed by atoms with Crippen molar-refractivity contribution < 1.29 is 90.2 Å². The van der Waals surface area contributed by atoms with E-state index in [1.54, 1.807) is 12.1 Å². The van der Waals surface area contributed by atoms with E-state index in [1.165, 1.54) is 54.6 Å². The number of aromatic hydroxyl groups is 1. The van der Waals surface area contributed by atoms with Crippen molar-refractivity contribution in [2.75, 3.05) is 22.9 Å². The molecule has 0 saturated carbocycles. The molecule has 5 aromatic carbocycles. The predicted octanol–water partition coefficient (Wildman–Crippen LogP) is -0.0634. The summed E-state index contributed by atoms with van der Waals surface area (Å²) in [5.74, 6) is -0.948. The van der Waals surface area contributed by atoms with Gasteiger partial charge in [0.1, 0.15) is 37.3 Å². The molecular weight excluding hydrogens is 698 g/mol. The normalized spacial score (nSPS) is 12.0. The SMILES string of the molecule is Nc1ccc(N=Nc2c(S(=O)(=O)[O-])cc3cc(S(=O)(=O)[O-])c(N=Nc4ccc(N=Nc5ccc(N)cc5N)cc4)c(N)c3c2O)cc1.[Na+].[Na+]. The third-order valence-electron chi connectivity index (χ3n) is 6.45. The number of rotatable bonds is 8. The monoisotopic (exact) mass is 720 g/mol. The van der Waals surface area contributed by atoms with Crippen LogP contribution in [0.15, 0.2) is 119 Å². The van der Waals surface area contributed by atoms with E-state index in [9.17, 15) is 31.0 Å². The van der Waals surface area contributed by atoms with Crippen LogP contribution in [0, 0.1) is 0 Å². The molecule has 0 radical (unpaired) electrons. The fourth-order valence-electron chi connectivity index (χ4n) is 4.21. The van der Waals surface area contributed by atoms with Crippen molar-refractivity contribution in [2.24, 2.45) is 30.7 Å². The minimum atomic E-state index is -5.32. The van der Waals surface area contributed by atoms with Gasteiger partial charge in [-0.3, -0.25) is 0 Å². The van der Waals surface area contributed by atoms with Gasteiger partial charge < -0.3 is 37.1 Å². The van der Waals surface area contributed by atoms with E-state index >= 15 is 0 Å². The molecule has 9 N–H and O–H groups in total. The van der Waals surface area contributed by atoms with Crippen molar-refractivity contribution >= 4 is 87.9 Å². The Morgan fingerprint density at radius 2 is 0.980 bits per heavy atom. The fraction of sp³-hybridized carbons (Fsp3) is 0. The number of azo groups is 3. The number of nitrogen functional groups attached to an aromatic ring is 4. The molecule has 21 heteroatoms. The molecule has 0 aromatic heterocycles. The van der Waals surface area contributed by atoms with E-state index in [4.69, 9.17) is 22.9 Å². The number of hydrogen-bond acceptors (Lipinski definition) is 17. The Kier molecular flexibility index (Phi) is 12.6. The number of phenolic OH excluding ortho intramolecular Hbond substituents is 1. The number of benzene rings is 5. The maximum Gasteiger partial charge on any atom is 1.00 e. The van der Waals surface area contributed by atoms with Gasteiger partial charge in [-0.15, -0.1) is 15.3 Å². The summed E-state index contributed by atoms with van der Waals surface area (Å²) >= 11 is 0. The van der Waals surface area contributed by atoms with Crippen LogP contribution in [0.2, 0.25) is 0 Å². The summed E-state index contributed by atoms with van der Waals surface area (Å²) in [5.41, 5.74) is 23.7. The summed E-state index contributed by atoms with van der Waals surface area (Å²) in [5, 5.41) is 33.9. The molecule has 0 atom stereocenters. The molecule has 0 aliphatic rings. The number of nitrogens with two attached hydrogens (primary N) is 4. The summed E-state index contributed by atoms with van der Waals surface area (Å²) in [6.07, 6.45) is 0. The van der Waals surface area contributed by atoms with Crippen LogP contribution in [0.3, 0.4) is 0 Å². The largest absolute Gasteiger partial charge is 1.00 e. The molecule has 0 fully saturated rings. The van der Waals surface area contributed by atoms with Crippen LogP contribution in [-0.2, 0) is 20.2 Å². The predicted molar refractivity (Wildman–Crippen MR) is 171 cm³/mol. The molecular formula is C28H22N10Na2O7S2. The van der Waals surface area contributed by atoms with Gasteiger partial charge >= 0.3 is 59.1 Å². The molecule has 0 heterocycles. The smallest absolute Gasteiger partial charge is 0.744 e. The molecule has 0 aliphatic carbocycles. The molecule has 0 bridgehead atoms. The molecule has 0 saturated heterocycles. The van der Waals surface area contributed by atoms with Gasteiger partial charge in [0.2, 0.25) is 0 Å². The van der Waals surface area contributed by atoms with Gasteiger partial charge in [0, 0.05) is 11.4 Å². The second-order valence-electron chi connectivity index (χ2n) is 9.74. The average molecular weight is 721 g/mol. The second kappa shape index (κ2) is 15.7. The van der Waals surface area contributed by atoms with Gasteiger partial charge in [0.15, 0.2) is 5.75 Å².